The van der Waals surface area contributed by atoms with E-state index < -0.39 is 0 Å². The number of halogens is 1. The summed E-state index contributed by atoms with van der Waals surface area (Å²) in [5.41, 5.74) is 3.06. The molecular weight excluding hydrogens is 424 g/mol. The zero-order valence-corrected chi connectivity index (χ0v) is 18.8. The molecule has 0 amide bonds. The van der Waals surface area contributed by atoms with E-state index in [4.69, 9.17) is 21.6 Å². The van der Waals surface area contributed by atoms with Crippen molar-refractivity contribution in [1.82, 2.24) is 34.9 Å². The molecule has 3 fully saturated rings. The van der Waals surface area contributed by atoms with Gasteiger partial charge < -0.3 is 5.32 Å². The van der Waals surface area contributed by atoms with Crippen LogP contribution in [0.5, 0.6) is 0 Å². The lowest BCUT2D eigenvalue weighted by Gasteiger charge is -2.47. The number of aromatic amines is 1. The number of aryl methyl sites for hydroxylation is 1. The molecule has 4 aromatic heterocycles. The summed E-state index contributed by atoms with van der Waals surface area (Å²) >= 11 is 6.21. The highest BCUT2D eigenvalue weighted by Crippen LogP contribution is 2.46. The molecule has 7 rings (SSSR count). The van der Waals surface area contributed by atoms with Crippen molar-refractivity contribution in [3.05, 3.63) is 35.7 Å². The molecular formula is C23H25ClN8. The molecule has 0 aromatic carbocycles. The number of fused-ring (bicyclic) bond motifs is 4. The number of aromatic nitrogens is 7. The molecule has 0 radical (unpaired) electrons. The number of nitrogens with zero attached hydrogens (tertiary/aromatic N) is 6. The lowest BCUT2D eigenvalue weighted by molar-refractivity contribution is 0.0928. The fourth-order valence-corrected chi connectivity index (χ4v) is 5.71. The monoisotopic (exact) mass is 448 g/mol. The molecule has 2 atom stereocenters. The second-order valence-electron chi connectivity index (χ2n) is 9.19. The molecule has 4 aromatic rings. The highest BCUT2D eigenvalue weighted by Gasteiger charge is 2.41. The minimum absolute atomic E-state index is 0.432. The quantitative estimate of drug-likeness (QED) is 0.469. The first kappa shape index (κ1) is 19.7. The van der Waals surface area contributed by atoms with E-state index in [1.165, 1.54) is 25.7 Å². The maximum Gasteiger partial charge on any atom is 0.181 e. The van der Waals surface area contributed by atoms with Crippen molar-refractivity contribution in [3.63, 3.8) is 0 Å². The van der Waals surface area contributed by atoms with Gasteiger partial charge in [0, 0.05) is 37.1 Å². The molecule has 32 heavy (non-hydrogen) atoms. The Balaban J connectivity index is 1.45. The standard InChI is InChI=1S/C23H25ClN8/c1-12-13-3-5-14(6-4-13)20(12)28-19-8-18(15-9-26-32(2)11-15)27-23(29-19)21-17-7-16(24)10-25-22(17)31-30-21/h7-14,20H,3-6H2,1-2H3,(H,25,30,31)(H,27,28,29). The maximum atomic E-state index is 6.21. The Hall–Kier alpha value is -3.00. The summed E-state index contributed by atoms with van der Waals surface area (Å²) in [5, 5.41) is 16.8. The first-order valence-corrected chi connectivity index (χ1v) is 11.6. The number of rotatable bonds is 4. The smallest absolute Gasteiger partial charge is 0.181 e. The lowest BCUT2D eigenvalue weighted by atomic mass is 9.62. The van der Waals surface area contributed by atoms with Crippen molar-refractivity contribution in [2.75, 3.05) is 5.32 Å². The van der Waals surface area contributed by atoms with Crippen molar-refractivity contribution in [1.29, 1.82) is 0 Å². The molecule has 0 saturated heterocycles. The van der Waals surface area contributed by atoms with Gasteiger partial charge in [-0.15, -0.1) is 0 Å². The summed E-state index contributed by atoms with van der Waals surface area (Å²) in [6.07, 6.45) is 10.7. The Bertz CT molecular complexity index is 1280. The average Bonchev–Trinajstić information content (AvgIpc) is 3.42. The molecule has 2 N–H and O–H groups in total. The average molecular weight is 449 g/mol. The first-order chi connectivity index (χ1) is 15.5. The molecule has 2 unspecified atom stereocenters. The van der Waals surface area contributed by atoms with Crippen LogP contribution in [0.25, 0.3) is 33.8 Å². The Morgan fingerprint density at radius 3 is 2.66 bits per heavy atom. The van der Waals surface area contributed by atoms with Gasteiger partial charge in [-0.2, -0.15) is 10.2 Å². The molecule has 8 nitrogen and oxygen atoms in total. The first-order valence-electron chi connectivity index (χ1n) is 11.2. The molecule has 3 saturated carbocycles. The summed E-state index contributed by atoms with van der Waals surface area (Å²) in [4.78, 5) is 14.1. The molecule has 4 heterocycles. The molecule has 2 bridgehead atoms. The van der Waals surface area contributed by atoms with Crippen LogP contribution in [-0.2, 0) is 7.05 Å². The van der Waals surface area contributed by atoms with Crippen LogP contribution in [-0.4, -0.2) is 41.0 Å². The maximum absolute atomic E-state index is 6.21. The summed E-state index contributed by atoms with van der Waals surface area (Å²) in [7, 11) is 1.90. The van der Waals surface area contributed by atoms with E-state index >= 15 is 0 Å². The molecule has 164 valence electrons. The van der Waals surface area contributed by atoms with Gasteiger partial charge in [0.25, 0.3) is 0 Å². The van der Waals surface area contributed by atoms with Crippen LogP contribution in [0.2, 0.25) is 5.02 Å². The number of hydrogen-bond acceptors (Lipinski definition) is 6. The van der Waals surface area contributed by atoms with Crippen LogP contribution in [0.3, 0.4) is 0 Å². The van der Waals surface area contributed by atoms with E-state index in [9.17, 15) is 0 Å². The topological polar surface area (TPSA) is 97.2 Å². The summed E-state index contributed by atoms with van der Waals surface area (Å²) < 4.78 is 1.78. The second-order valence-corrected chi connectivity index (χ2v) is 9.63. The van der Waals surface area contributed by atoms with Crippen molar-refractivity contribution in [3.8, 4) is 22.8 Å². The van der Waals surface area contributed by atoms with Crippen LogP contribution in [0, 0.1) is 17.8 Å². The SMILES string of the molecule is CC1C2CCC(CC2)C1Nc1cc(-c2cnn(C)c2)nc(-c2[nH]nc3ncc(Cl)cc23)n1. The van der Waals surface area contributed by atoms with Gasteiger partial charge in [-0.3, -0.25) is 9.78 Å². The van der Waals surface area contributed by atoms with Crippen molar-refractivity contribution in [2.45, 2.75) is 38.6 Å². The summed E-state index contributed by atoms with van der Waals surface area (Å²) in [6, 6.07) is 4.30. The third-order valence-electron chi connectivity index (χ3n) is 7.28. The molecule has 3 aliphatic carbocycles. The van der Waals surface area contributed by atoms with E-state index in [1.54, 1.807) is 10.9 Å². The van der Waals surface area contributed by atoms with Crippen LogP contribution < -0.4 is 5.32 Å². The fraction of sp³-hybridized carbons (Fsp3) is 0.435. The third kappa shape index (κ3) is 3.33. The zero-order chi connectivity index (χ0) is 21.8. The second kappa shape index (κ2) is 7.55. The normalized spacial score (nSPS) is 24.8. The van der Waals surface area contributed by atoms with Gasteiger partial charge in [0.1, 0.15) is 11.5 Å². The number of nitrogens with one attached hydrogen (secondary N) is 2. The van der Waals surface area contributed by atoms with E-state index in [0.717, 1.165) is 28.4 Å². The van der Waals surface area contributed by atoms with Crippen molar-refractivity contribution < 1.29 is 0 Å². The van der Waals surface area contributed by atoms with Gasteiger partial charge in [0.05, 0.1) is 22.3 Å². The number of H-pyrrole nitrogens is 1. The number of hydrogen-bond donors (Lipinski definition) is 2. The van der Waals surface area contributed by atoms with Crippen molar-refractivity contribution >= 4 is 28.5 Å². The third-order valence-corrected chi connectivity index (χ3v) is 7.48. The Kier molecular flexibility index (Phi) is 4.64. The van der Waals surface area contributed by atoms with E-state index in [2.05, 4.69) is 32.5 Å². The number of anilines is 1. The van der Waals surface area contributed by atoms with Gasteiger partial charge in [0.15, 0.2) is 11.5 Å². The highest BCUT2D eigenvalue weighted by atomic mass is 35.5. The Morgan fingerprint density at radius 2 is 1.91 bits per heavy atom. The lowest BCUT2D eigenvalue weighted by Crippen LogP contribution is -2.47. The van der Waals surface area contributed by atoms with Crippen LogP contribution in [0.4, 0.5) is 5.82 Å². The molecule has 0 spiro atoms. The predicted molar refractivity (Wildman–Crippen MR) is 124 cm³/mol. The Labute approximate surface area is 190 Å². The molecule has 9 heteroatoms. The van der Waals surface area contributed by atoms with Crippen LogP contribution >= 0.6 is 11.6 Å². The van der Waals surface area contributed by atoms with Gasteiger partial charge in [-0.25, -0.2) is 15.0 Å². The van der Waals surface area contributed by atoms with E-state index in [1.807, 2.05) is 31.6 Å². The van der Waals surface area contributed by atoms with Crippen LogP contribution in [0.15, 0.2) is 30.7 Å². The van der Waals surface area contributed by atoms with Gasteiger partial charge in [0.2, 0.25) is 0 Å². The minimum atomic E-state index is 0.432. The molecule has 3 aliphatic rings. The fourth-order valence-electron chi connectivity index (χ4n) is 5.55. The highest BCUT2D eigenvalue weighted by molar-refractivity contribution is 6.31. The van der Waals surface area contributed by atoms with Gasteiger partial charge in [-0.1, -0.05) is 18.5 Å². The van der Waals surface area contributed by atoms with Crippen LogP contribution in [0.1, 0.15) is 32.6 Å². The predicted octanol–water partition coefficient (Wildman–Crippen LogP) is 4.71. The summed E-state index contributed by atoms with van der Waals surface area (Å²) in [5.74, 6) is 3.54. The van der Waals surface area contributed by atoms with Gasteiger partial charge in [-0.05, 0) is 49.5 Å². The van der Waals surface area contributed by atoms with Crippen molar-refractivity contribution in [2.24, 2.45) is 24.8 Å². The molecule has 0 aliphatic heterocycles. The largest absolute Gasteiger partial charge is 0.367 e. The van der Waals surface area contributed by atoms with Gasteiger partial charge >= 0.3 is 0 Å². The summed E-state index contributed by atoms with van der Waals surface area (Å²) in [6.45, 7) is 2.38. The van der Waals surface area contributed by atoms with E-state index in [0.29, 0.717) is 40.1 Å². The minimum Gasteiger partial charge on any atom is -0.367 e. The van der Waals surface area contributed by atoms with E-state index in [-0.39, 0.29) is 0 Å². The number of pyridine rings is 1. The zero-order valence-electron chi connectivity index (χ0n) is 18.1. The Morgan fingerprint density at radius 1 is 1.09 bits per heavy atom.